The number of aliphatic carboxylic acids is 2. The van der Waals surface area contributed by atoms with E-state index in [1.165, 1.54) is 148 Å². The molecular weight excluding hydrogens is 1440 g/mol. The van der Waals surface area contributed by atoms with E-state index in [2.05, 4.69) is 41.9 Å². The van der Waals surface area contributed by atoms with Crippen LogP contribution in [0.3, 0.4) is 0 Å². The van der Waals surface area contributed by atoms with Crippen LogP contribution in [-0.4, -0.2) is 290 Å². The van der Waals surface area contributed by atoms with Crippen molar-refractivity contribution in [2.24, 2.45) is 0 Å². The first kappa shape index (κ1) is 98.6. The highest BCUT2D eigenvalue weighted by molar-refractivity contribution is 5.78. The number of rotatable bonds is 60. The second-order valence-corrected chi connectivity index (χ2v) is 30.7. The van der Waals surface area contributed by atoms with Gasteiger partial charge >= 0.3 is 11.9 Å². The van der Waals surface area contributed by atoms with E-state index in [4.69, 9.17) is 37.9 Å². The maximum Gasteiger partial charge on any atom is 0.364 e. The van der Waals surface area contributed by atoms with Crippen LogP contribution >= 0.6 is 0 Å². The Morgan fingerprint density at radius 1 is 0.482 bits per heavy atom. The Morgan fingerprint density at radius 2 is 0.909 bits per heavy atom. The smallest absolute Gasteiger partial charge is 0.364 e. The number of unbranched alkanes of at least 4 members (excludes halogenated alkanes) is 31. The van der Waals surface area contributed by atoms with Gasteiger partial charge in [-0.05, 0) is 38.5 Å². The second kappa shape index (κ2) is 54.2. The third-order valence-corrected chi connectivity index (χ3v) is 21.5. The van der Waals surface area contributed by atoms with Gasteiger partial charge in [0.25, 0.3) is 11.6 Å². The maximum absolute atomic E-state index is 13.6. The summed E-state index contributed by atoms with van der Waals surface area (Å²) in [4.78, 5) is 65.2. The lowest BCUT2D eigenvalue weighted by molar-refractivity contribution is -0.388. The number of hydrogen-bond donors (Lipinski definition) is 19. The molecule has 32 nitrogen and oxygen atoms in total. The molecule has 4 rings (SSSR count). The Hall–Kier alpha value is -3.79. The maximum atomic E-state index is 13.6. The van der Waals surface area contributed by atoms with Crippen molar-refractivity contribution >= 4 is 29.7 Å². The summed E-state index contributed by atoms with van der Waals surface area (Å²) in [5, 5.41) is 186. The third kappa shape index (κ3) is 33.1. The van der Waals surface area contributed by atoms with Gasteiger partial charge in [-0.25, -0.2) is 9.59 Å². The molecule has 0 aliphatic carbocycles. The highest BCUT2D eigenvalue weighted by Crippen LogP contribution is 2.41. The van der Waals surface area contributed by atoms with Crippen molar-refractivity contribution in [3.63, 3.8) is 0 Å². The van der Waals surface area contributed by atoms with E-state index in [9.17, 15) is 106 Å². The normalized spacial score (nSPS) is 30.3. The van der Waals surface area contributed by atoms with Crippen LogP contribution in [0.1, 0.15) is 272 Å². The first-order valence-corrected chi connectivity index (χ1v) is 41.2. The van der Waals surface area contributed by atoms with Gasteiger partial charge in [-0.1, -0.05) is 212 Å². The number of amides is 3. The highest BCUT2D eigenvalue weighted by Gasteiger charge is 2.62. The molecule has 4 aliphatic rings. The number of aliphatic hydroxyl groups is 14. The molecule has 0 aromatic rings. The Labute approximate surface area is 649 Å². The highest BCUT2D eigenvalue weighted by atomic mass is 16.8. The summed E-state index contributed by atoms with van der Waals surface area (Å²) < 4.78 is 46.6. The van der Waals surface area contributed by atoms with Crippen LogP contribution < -0.4 is 16.0 Å². The van der Waals surface area contributed by atoms with Gasteiger partial charge in [0.2, 0.25) is 17.7 Å². The van der Waals surface area contributed by atoms with Crippen LogP contribution in [0, 0.1) is 0 Å². The summed E-state index contributed by atoms with van der Waals surface area (Å²) in [6, 6.07) is -4.64. The molecule has 24 atom stereocenters. The van der Waals surface area contributed by atoms with E-state index in [1.54, 1.807) is 0 Å². The fourth-order valence-corrected chi connectivity index (χ4v) is 14.9. The fourth-order valence-electron chi connectivity index (χ4n) is 14.9. The molecular formula is C78H141N3O29. The van der Waals surface area contributed by atoms with Crippen LogP contribution in [0.5, 0.6) is 0 Å². The quantitative estimate of drug-likeness (QED) is 0.0306. The van der Waals surface area contributed by atoms with Crippen molar-refractivity contribution in [1.29, 1.82) is 0 Å². The largest absolute Gasteiger partial charge is 0.477 e. The Kier molecular flexibility index (Phi) is 48.6. The molecule has 3 amide bonds. The molecule has 2 unspecified atom stereocenters. The van der Waals surface area contributed by atoms with E-state index in [1.807, 2.05) is 0 Å². The monoisotopic (exact) mass is 1580 g/mol. The molecule has 0 aromatic carbocycles. The summed E-state index contributed by atoms with van der Waals surface area (Å²) in [5.74, 6) is -13.1. The lowest BCUT2D eigenvalue weighted by atomic mass is 9.87. The first-order valence-electron chi connectivity index (χ1n) is 41.2. The second-order valence-electron chi connectivity index (χ2n) is 30.7. The molecule has 19 N–H and O–H groups in total. The molecule has 0 bridgehead atoms. The zero-order valence-corrected chi connectivity index (χ0v) is 65.7. The number of nitrogens with one attached hydrogen (secondary N) is 3. The Balaban J connectivity index is 1.42. The van der Waals surface area contributed by atoms with Gasteiger partial charge in [0.05, 0.1) is 69.5 Å². The molecule has 0 spiro atoms. The SMILES string of the molecule is CCCCCCCC/C=C\CCCCCCCCCCCCCCCC(=O)N[C@@H](CO[C@@H]1O[C@H](CO)[C@@H](O[C@@H]2O[C@H](CO)[C@H](O)[C@H](O[C@]3(C(=O)O)C[C@H](O)[C@@H](NC(C)=O)C([C@H](O)[C@@H](CO)O[C@]4(C(=O)O)C[C@H](O)[C@@H](NC(C)=O)C([C@H](O)[C@H](O)CO)O4)O3)[C@H]2O)[C@H](O)[C@H]1O)[C@H](O)CCCCCCCCCCCCCCC. The zero-order chi connectivity index (χ0) is 81.2. The standard InChI is InChI=1S/C78H141N3O29/c1-5-7-9-11-13-15-17-19-20-21-22-23-24-25-26-27-28-30-32-34-36-38-40-42-60(92)81-52(53(88)41-39-37-35-33-31-29-18-16-14-12-10-8-6-2)49-103-73-67(97)66(96)69(59(48-85)105-73)106-74-68(98)72(64(94)57(46-83)104-74)110-78(76(101)102)44-55(90)62(80-51(4)87)71(109-78)65(95)58(47-84)107-77(75(99)100)43-54(89)61(79-50(3)86)70(108-77)63(93)56(91)45-82/h19-20,52-59,61-74,82-85,88-91,93-98H,5-18,21-49H2,1-4H3,(H,79,86)(H,80,87)(H,81,92)(H,99,100)(H,101,102)/b20-19-/t52-,53+,54-,55-,56+,57+,58+,59+,61+,62+,63+,64-,65+,66+,67+,68+,69+,70?,71?,72-,73+,74-,77+,78-/m0/s1. The lowest BCUT2D eigenvalue weighted by Gasteiger charge is -2.51. The van der Waals surface area contributed by atoms with Crippen molar-refractivity contribution in [1.82, 2.24) is 16.0 Å². The molecule has 4 saturated heterocycles. The molecule has 0 radical (unpaired) electrons. The lowest BCUT2D eigenvalue weighted by Crippen LogP contribution is -2.72. The van der Waals surface area contributed by atoms with Gasteiger partial charge in [0.15, 0.2) is 12.6 Å². The number of carbonyl (C=O) groups is 5. The predicted octanol–water partition coefficient (Wildman–Crippen LogP) is 3.46. The Bertz CT molecular complexity index is 2550. The predicted molar refractivity (Wildman–Crippen MR) is 400 cm³/mol. The topological polar surface area (TPSA) is 519 Å². The van der Waals surface area contributed by atoms with Crippen molar-refractivity contribution < 1.29 is 144 Å². The van der Waals surface area contributed by atoms with E-state index in [0.717, 1.165) is 71.6 Å². The van der Waals surface area contributed by atoms with Crippen molar-refractivity contribution in [3.8, 4) is 0 Å². The number of hydrogen-bond acceptors (Lipinski definition) is 27. The summed E-state index contributed by atoms with van der Waals surface area (Å²) in [6.45, 7) is 1.21. The summed E-state index contributed by atoms with van der Waals surface area (Å²) in [6.07, 6.45) is 2.34. The van der Waals surface area contributed by atoms with Crippen LogP contribution in [0.2, 0.25) is 0 Å². The molecule has 4 heterocycles. The minimum absolute atomic E-state index is 0.176. The first-order chi connectivity index (χ1) is 52.7. The van der Waals surface area contributed by atoms with Crippen molar-refractivity contribution in [3.05, 3.63) is 12.2 Å². The molecule has 642 valence electrons. The van der Waals surface area contributed by atoms with E-state index in [-0.39, 0.29) is 12.3 Å². The van der Waals surface area contributed by atoms with Crippen LogP contribution in [0.25, 0.3) is 0 Å². The number of carboxylic acids is 2. The molecule has 4 aliphatic heterocycles. The van der Waals surface area contributed by atoms with Crippen molar-refractivity contribution in [2.75, 3.05) is 33.0 Å². The van der Waals surface area contributed by atoms with Gasteiger partial charge in [-0.3, -0.25) is 14.4 Å². The minimum Gasteiger partial charge on any atom is -0.477 e. The number of allylic oxidation sites excluding steroid dienone is 2. The minimum atomic E-state index is -3.39. The molecule has 32 heteroatoms. The molecule has 110 heavy (non-hydrogen) atoms. The van der Waals surface area contributed by atoms with E-state index < -0.39 is 216 Å². The molecule has 0 aromatic heterocycles. The number of carboxylic acid groups (broad SMARTS) is 2. The summed E-state index contributed by atoms with van der Waals surface area (Å²) in [5.41, 5.74) is 0. The number of ether oxygens (including phenoxy) is 8. The van der Waals surface area contributed by atoms with Crippen LogP contribution in [-0.2, 0) is 61.9 Å². The molecule has 0 saturated carbocycles. The molecule has 4 fully saturated rings. The van der Waals surface area contributed by atoms with Gasteiger partial charge in [-0.2, -0.15) is 0 Å². The zero-order valence-electron chi connectivity index (χ0n) is 65.7. The van der Waals surface area contributed by atoms with Crippen molar-refractivity contribution in [2.45, 2.75) is 418 Å². The number of carbonyl (C=O) groups excluding carboxylic acids is 3. The Morgan fingerprint density at radius 3 is 1.35 bits per heavy atom. The van der Waals surface area contributed by atoms with Gasteiger partial charge in [0, 0.05) is 33.1 Å². The summed E-state index contributed by atoms with van der Waals surface area (Å²) >= 11 is 0. The average Bonchev–Trinajstić information content (AvgIpc) is 0.752. The van der Waals surface area contributed by atoms with Gasteiger partial charge < -0.3 is 136 Å². The van der Waals surface area contributed by atoms with Crippen LogP contribution in [0.4, 0.5) is 0 Å². The third-order valence-electron chi connectivity index (χ3n) is 21.5. The van der Waals surface area contributed by atoms with Crippen LogP contribution in [0.15, 0.2) is 12.2 Å². The van der Waals surface area contributed by atoms with E-state index >= 15 is 0 Å². The van der Waals surface area contributed by atoms with Gasteiger partial charge in [0.1, 0.15) is 85.5 Å². The number of aliphatic hydroxyl groups excluding tert-OH is 14. The fraction of sp³-hybridized carbons (Fsp3) is 0.910. The van der Waals surface area contributed by atoms with E-state index in [0.29, 0.717) is 19.3 Å². The van der Waals surface area contributed by atoms with Gasteiger partial charge in [-0.15, -0.1) is 0 Å². The summed E-state index contributed by atoms with van der Waals surface area (Å²) in [7, 11) is 0. The average molecular weight is 1580 g/mol.